The molecule has 0 N–H and O–H groups in total. The fourth-order valence-electron chi connectivity index (χ4n) is 1.03. The highest BCUT2D eigenvalue weighted by Crippen LogP contribution is 2.39. The van der Waals surface area contributed by atoms with Gasteiger partial charge in [-0.05, 0) is 31.4 Å². The van der Waals surface area contributed by atoms with Crippen molar-refractivity contribution in [2.24, 2.45) is 10.8 Å². The first-order valence-corrected chi connectivity index (χ1v) is 5.52. The summed E-state index contributed by atoms with van der Waals surface area (Å²) in [6.45, 7) is 9.95. The molecule has 1 aromatic carbocycles. The van der Waals surface area contributed by atoms with Gasteiger partial charge in [-0.15, -0.1) is 0 Å². The van der Waals surface area contributed by atoms with Crippen LogP contribution >= 0.6 is 0 Å². The van der Waals surface area contributed by atoms with Crippen LogP contribution in [0.1, 0.15) is 34.6 Å². The summed E-state index contributed by atoms with van der Waals surface area (Å²) >= 11 is 0. The maximum atomic E-state index is 12.1. The average Bonchev–Trinajstić information content (AvgIpc) is 2.17. The molecule has 0 aliphatic rings. The van der Waals surface area contributed by atoms with Gasteiger partial charge in [0.2, 0.25) is 0 Å². The number of carbonyl (C=O) groups excluding carboxylic acids is 1. The van der Waals surface area contributed by atoms with Crippen LogP contribution in [0, 0.1) is 10.8 Å². The molecule has 1 rings (SSSR count). The molecule has 0 heterocycles. The molecular formula is C14H20O2. The van der Waals surface area contributed by atoms with E-state index in [9.17, 15) is 4.79 Å². The van der Waals surface area contributed by atoms with Gasteiger partial charge in [-0.3, -0.25) is 4.79 Å². The number of hydrogen-bond donors (Lipinski definition) is 0. The Bertz CT molecular complexity index is 358. The third-order valence-electron chi connectivity index (χ3n) is 3.34. The van der Waals surface area contributed by atoms with Gasteiger partial charge in [-0.25, -0.2) is 0 Å². The molecule has 0 spiro atoms. The summed E-state index contributed by atoms with van der Waals surface area (Å²) < 4.78 is 5.37. The Morgan fingerprint density at radius 3 is 1.94 bits per heavy atom. The third-order valence-corrected chi connectivity index (χ3v) is 3.34. The Kier molecular flexibility index (Phi) is 3.41. The number of esters is 1. The second kappa shape index (κ2) is 4.28. The van der Waals surface area contributed by atoms with E-state index in [0.29, 0.717) is 5.75 Å². The first kappa shape index (κ1) is 12.8. The summed E-state index contributed by atoms with van der Waals surface area (Å²) in [4.78, 5) is 12.1. The Hall–Kier alpha value is -1.31. The van der Waals surface area contributed by atoms with E-state index in [1.54, 1.807) is 12.1 Å². The molecule has 2 heteroatoms. The van der Waals surface area contributed by atoms with Gasteiger partial charge < -0.3 is 4.74 Å². The molecule has 16 heavy (non-hydrogen) atoms. The van der Waals surface area contributed by atoms with Crippen LogP contribution in [0.5, 0.6) is 5.75 Å². The smallest absolute Gasteiger partial charge is 0.317 e. The number of para-hydroxylation sites is 1. The van der Waals surface area contributed by atoms with Crippen LogP contribution in [0.25, 0.3) is 0 Å². The number of ether oxygens (including phenoxy) is 1. The van der Waals surface area contributed by atoms with Crippen molar-refractivity contribution in [3.63, 3.8) is 0 Å². The molecule has 0 bridgehead atoms. The second-order valence-electron chi connectivity index (χ2n) is 5.58. The minimum absolute atomic E-state index is 0.126. The molecule has 0 atom stereocenters. The lowest BCUT2D eigenvalue weighted by Gasteiger charge is -2.36. The van der Waals surface area contributed by atoms with Crippen molar-refractivity contribution in [3.05, 3.63) is 30.3 Å². The van der Waals surface area contributed by atoms with E-state index < -0.39 is 5.41 Å². The largest absolute Gasteiger partial charge is 0.426 e. The maximum absolute atomic E-state index is 12.1. The highest BCUT2D eigenvalue weighted by molar-refractivity contribution is 5.79. The van der Waals surface area contributed by atoms with E-state index in [1.807, 2.05) is 52.8 Å². The van der Waals surface area contributed by atoms with Crippen LogP contribution in [-0.2, 0) is 4.79 Å². The Morgan fingerprint density at radius 2 is 1.50 bits per heavy atom. The van der Waals surface area contributed by atoms with Gasteiger partial charge in [0, 0.05) is 0 Å². The van der Waals surface area contributed by atoms with Crippen LogP contribution in [0.3, 0.4) is 0 Å². The van der Waals surface area contributed by atoms with Gasteiger partial charge in [0.05, 0.1) is 5.41 Å². The number of hydrogen-bond acceptors (Lipinski definition) is 2. The molecule has 2 nitrogen and oxygen atoms in total. The summed E-state index contributed by atoms with van der Waals surface area (Å²) in [5.74, 6) is 0.413. The first-order chi connectivity index (χ1) is 7.25. The second-order valence-corrected chi connectivity index (χ2v) is 5.58. The van der Waals surface area contributed by atoms with E-state index in [1.165, 1.54) is 0 Å². The van der Waals surface area contributed by atoms with Crippen molar-refractivity contribution in [1.82, 2.24) is 0 Å². The highest BCUT2D eigenvalue weighted by atomic mass is 16.5. The highest BCUT2D eigenvalue weighted by Gasteiger charge is 2.41. The molecule has 1 aromatic rings. The Morgan fingerprint density at radius 1 is 1.00 bits per heavy atom. The predicted molar refractivity (Wildman–Crippen MR) is 65.3 cm³/mol. The van der Waals surface area contributed by atoms with Gasteiger partial charge in [0.1, 0.15) is 5.75 Å². The molecule has 88 valence electrons. The number of benzene rings is 1. The number of carbonyl (C=O) groups is 1. The van der Waals surface area contributed by atoms with Crippen molar-refractivity contribution < 1.29 is 9.53 Å². The maximum Gasteiger partial charge on any atom is 0.317 e. The zero-order chi connectivity index (χ0) is 12.4. The van der Waals surface area contributed by atoms with Gasteiger partial charge >= 0.3 is 5.97 Å². The van der Waals surface area contributed by atoms with Crippen LogP contribution < -0.4 is 4.74 Å². The van der Waals surface area contributed by atoms with Crippen molar-refractivity contribution in [2.45, 2.75) is 34.6 Å². The quantitative estimate of drug-likeness (QED) is 0.561. The summed E-state index contributed by atoms with van der Waals surface area (Å²) in [6, 6.07) is 9.18. The van der Waals surface area contributed by atoms with E-state index in [2.05, 4.69) is 0 Å². The molecule has 0 aliphatic heterocycles. The topological polar surface area (TPSA) is 26.3 Å². The van der Waals surface area contributed by atoms with E-state index in [-0.39, 0.29) is 11.4 Å². The molecule has 0 aromatic heterocycles. The van der Waals surface area contributed by atoms with E-state index >= 15 is 0 Å². The molecule has 0 unspecified atom stereocenters. The van der Waals surface area contributed by atoms with Crippen LogP contribution in [-0.4, -0.2) is 5.97 Å². The first-order valence-electron chi connectivity index (χ1n) is 5.52. The van der Waals surface area contributed by atoms with Crippen molar-refractivity contribution in [3.8, 4) is 5.75 Å². The minimum Gasteiger partial charge on any atom is -0.426 e. The van der Waals surface area contributed by atoms with Crippen LogP contribution in [0.2, 0.25) is 0 Å². The molecular weight excluding hydrogens is 200 g/mol. The minimum atomic E-state index is -0.511. The summed E-state index contributed by atoms with van der Waals surface area (Å²) in [5.41, 5.74) is -0.637. The SMILES string of the molecule is CC(C)(C)C(C)(C)C(=O)Oc1ccccc1. The standard InChI is InChI=1S/C14H20O2/c1-13(2,3)14(4,5)12(15)16-11-9-7-6-8-10-11/h6-10H,1-5H3. The summed E-state index contributed by atoms with van der Waals surface area (Å²) in [5, 5.41) is 0. The normalized spacial score (nSPS) is 12.3. The molecule has 0 radical (unpaired) electrons. The van der Waals surface area contributed by atoms with Crippen molar-refractivity contribution in [1.29, 1.82) is 0 Å². The van der Waals surface area contributed by atoms with Gasteiger partial charge in [-0.2, -0.15) is 0 Å². The molecule has 0 fully saturated rings. The van der Waals surface area contributed by atoms with E-state index in [4.69, 9.17) is 4.74 Å². The lowest BCUT2D eigenvalue weighted by atomic mass is 9.69. The fraction of sp³-hybridized carbons (Fsp3) is 0.500. The van der Waals surface area contributed by atoms with Gasteiger partial charge in [0.25, 0.3) is 0 Å². The molecule has 0 amide bonds. The zero-order valence-corrected chi connectivity index (χ0v) is 10.7. The van der Waals surface area contributed by atoms with Gasteiger partial charge in [0.15, 0.2) is 0 Å². The predicted octanol–water partition coefficient (Wildman–Crippen LogP) is 3.66. The average molecular weight is 220 g/mol. The molecule has 0 aliphatic carbocycles. The summed E-state index contributed by atoms with van der Waals surface area (Å²) in [6.07, 6.45) is 0. The monoisotopic (exact) mass is 220 g/mol. The van der Waals surface area contributed by atoms with Crippen molar-refractivity contribution in [2.75, 3.05) is 0 Å². The van der Waals surface area contributed by atoms with Crippen LogP contribution in [0.4, 0.5) is 0 Å². The number of rotatable bonds is 2. The van der Waals surface area contributed by atoms with E-state index in [0.717, 1.165) is 0 Å². The fourth-order valence-corrected chi connectivity index (χ4v) is 1.03. The molecule has 0 saturated carbocycles. The Balaban J connectivity index is 2.81. The Labute approximate surface area is 97.6 Å². The lowest BCUT2D eigenvalue weighted by Crippen LogP contribution is -2.40. The van der Waals surface area contributed by atoms with Crippen molar-refractivity contribution >= 4 is 5.97 Å². The zero-order valence-electron chi connectivity index (χ0n) is 10.7. The lowest BCUT2D eigenvalue weighted by molar-refractivity contribution is -0.150. The van der Waals surface area contributed by atoms with Gasteiger partial charge in [-0.1, -0.05) is 39.0 Å². The van der Waals surface area contributed by atoms with Crippen LogP contribution in [0.15, 0.2) is 30.3 Å². The summed E-state index contributed by atoms with van der Waals surface area (Å²) in [7, 11) is 0. The molecule has 0 saturated heterocycles. The third kappa shape index (κ3) is 2.63.